The highest BCUT2D eigenvalue weighted by Crippen LogP contribution is 2.68. The van der Waals surface area contributed by atoms with E-state index in [1.165, 1.54) is 7.11 Å². The lowest BCUT2D eigenvalue weighted by Crippen LogP contribution is -2.64. The van der Waals surface area contributed by atoms with E-state index < -0.39 is 86.1 Å². The van der Waals surface area contributed by atoms with Crippen LogP contribution in [0.25, 0.3) is 0 Å². The van der Waals surface area contributed by atoms with E-state index >= 15 is 0 Å². The van der Waals surface area contributed by atoms with Crippen molar-refractivity contribution in [3.05, 3.63) is 0 Å². The number of aliphatic hydroxyl groups excluding tert-OH is 8. The lowest BCUT2D eigenvalue weighted by atomic mass is 9.43. The molecule has 0 radical (unpaired) electrons. The summed E-state index contributed by atoms with van der Waals surface area (Å²) in [6.07, 6.45) is -5.53. The summed E-state index contributed by atoms with van der Waals surface area (Å²) in [4.78, 5) is 0. The first-order valence-electron chi connectivity index (χ1n) is 19.5. The standard InChI is InChI=1S/C38H66O13/c1-17(2)25(49-35-33(46)32(45)27(15-39)51-35)8-7-18(3)21-14-23(41)28-19-13-22(40)29-31(44)26(50-36-34(47-6)30(43)24(42)16-48-36)10-12-37(29,4)20(19)9-11-38(21,28)5/h17-36,39-46H,7-16H2,1-6H3/t18-,19-,20?,21-,22-,23+,24-,25+,26+,27+,28?,29?,30+,31+,32+,33-,34-,35-,36+,37-,38-/m1/s1. The minimum Gasteiger partial charge on any atom is -0.394 e. The van der Waals surface area contributed by atoms with Crippen molar-refractivity contribution >= 4 is 0 Å². The topological polar surface area (TPSA) is 208 Å². The van der Waals surface area contributed by atoms with Gasteiger partial charge in [-0.2, -0.15) is 0 Å². The molecule has 21 atom stereocenters. The van der Waals surface area contributed by atoms with Crippen LogP contribution < -0.4 is 0 Å². The summed E-state index contributed by atoms with van der Waals surface area (Å²) in [5.41, 5.74) is -0.467. The SMILES string of the molecule is CO[C@H]1[C@H](O[C@H]2CC[C@]3(C)C4CC[C@@]5(C)C([C@@H]4C[C@@H](O)C3[C@H]2O)[C@@H](O)C[C@@H]5[C@H](C)CC[C@H](O[C@@H]2O[C@@H](CO)[C@H](O)[C@H]2O)C(C)C)OC[C@@H](O)[C@@H]1O. The normalized spacial score (nSPS) is 52.6. The zero-order chi connectivity index (χ0) is 37.2. The molecule has 2 aliphatic heterocycles. The summed E-state index contributed by atoms with van der Waals surface area (Å²) in [5.74, 6) is 0.652. The highest BCUT2D eigenvalue weighted by molar-refractivity contribution is 5.15. The van der Waals surface area contributed by atoms with E-state index in [1.807, 2.05) is 0 Å². The van der Waals surface area contributed by atoms with Gasteiger partial charge in [0.25, 0.3) is 0 Å². The molecule has 0 bridgehead atoms. The molecular weight excluding hydrogens is 664 g/mol. The number of ether oxygens (including phenoxy) is 5. The van der Waals surface area contributed by atoms with Gasteiger partial charge in [-0.25, -0.2) is 0 Å². The fraction of sp³-hybridized carbons (Fsp3) is 1.00. The Morgan fingerprint density at radius 3 is 2.10 bits per heavy atom. The van der Waals surface area contributed by atoms with Crippen LogP contribution in [-0.2, 0) is 23.7 Å². The first-order valence-corrected chi connectivity index (χ1v) is 19.5. The van der Waals surface area contributed by atoms with Gasteiger partial charge in [0.1, 0.15) is 36.6 Å². The zero-order valence-electron chi connectivity index (χ0n) is 31.2. The quantitative estimate of drug-likeness (QED) is 0.140. The van der Waals surface area contributed by atoms with Gasteiger partial charge < -0.3 is 64.5 Å². The molecule has 13 nitrogen and oxygen atoms in total. The van der Waals surface area contributed by atoms with Crippen LogP contribution in [0.4, 0.5) is 0 Å². The lowest BCUT2D eigenvalue weighted by molar-refractivity contribution is -0.310. The van der Waals surface area contributed by atoms with Crippen LogP contribution in [0.3, 0.4) is 0 Å². The van der Waals surface area contributed by atoms with E-state index in [4.69, 9.17) is 23.7 Å². The van der Waals surface area contributed by atoms with Crippen molar-refractivity contribution in [1.82, 2.24) is 0 Å². The third-order valence-corrected chi connectivity index (χ3v) is 14.9. The second-order valence-electron chi connectivity index (χ2n) is 17.9. The molecule has 2 heterocycles. The molecule has 0 amide bonds. The molecule has 0 spiro atoms. The summed E-state index contributed by atoms with van der Waals surface area (Å²) in [6.45, 7) is 10.4. The van der Waals surface area contributed by atoms with Gasteiger partial charge >= 0.3 is 0 Å². The first-order chi connectivity index (χ1) is 24.1. The molecule has 3 unspecified atom stereocenters. The Bertz CT molecular complexity index is 1160. The summed E-state index contributed by atoms with van der Waals surface area (Å²) in [7, 11) is 1.42. The van der Waals surface area contributed by atoms with Crippen LogP contribution >= 0.6 is 0 Å². The van der Waals surface area contributed by atoms with E-state index in [2.05, 4.69) is 34.6 Å². The summed E-state index contributed by atoms with van der Waals surface area (Å²) in [6, 6.07) is 0. The Balaban J connectivity index is 1.11. The van der Waals surface area contributed by atoms with E-state index in [1.54, 1.807) is 0 Å². The van der Waals surface area contributed by atoms with Crippen molar-refractivity contribution < 1.29 is 64.5 Å². The smallest absolute Gasteiger partial charge is 0.186 e. The maximum absolute atomic E-state index is 11.8. The third kappa shape index (κ3) is 7.08. The Hall–Kier alpha value is -0.520. The molecule has 6 aliphatic rings. The third-order valence-electron chi connectivity index (χ3n) is 14.9. The molecule has 51 heavy (non-hydrogen) atoms. The highest BCUT2D eigenvalue weighted by Gasteiger charge is 2.66. The predicted molar refractivity (Wildman–Crippen MR) is 183 cm³/mol. The maximum Gasteiger partial charge on any atom is 0.186 e. The number of methoxy groups -OCH3 is 1. The van der Waals surface area contributed by atoms with Gasteiger partial charge in [0.15, 0.2) is 12.6 Å². The van der Waals surface area contributed by atoms with Gasteiger partial charge in [-0.05, 0) is 97.7 Å². The monoisotopic (exact) mass is 730 g/mol. The largest absolute Gasteiger partial charge is 0.394 e. The van der Waals surface area contributed by atoms with E-state index in [0.29, 0.717) is 19.3 Å². The number of aliphatic hydroxyl groups is 8. The molecule has 0 aromatic heterocycles. The van der Waals surface area contributed by atoms with Gasteiger partial charge in [0.2, 0.25) is 0 Å². The summed E-state index contributed by atoms with van der Waals surface area (Å²) in [5, 5.41) is 86.1. The fourth-order valence-electron chi connectivity index (χ4n) is 12.2. The van der Waals surface area contributed by atoms with Gasteiger partial charge in [0.05, 0.1) is 43.7 Å². The van der Waals surface area contributed by atoms with Gasteiger partial charge in [-0.1, -0.05) is 34.6 Å². The first kappa shape index (κ1) is 40.2. The number of hydrogen-bond acceptors (Lipinski definition) is 13. The van der Waals surface area contributed by atoms with Crippen molar-refractivity contribution in [2.24, 2.45) is 52.3 Å². The van der Waals surface area contributed by atoms with Crippen molar-refractivity contribution in [2.45, 2.75) is 166 Å². The van der Waals surface area contributed by atoms with E-state index in [9.17, 15) is 40.9 Å². The van der Waals surface area contributed by atoms with Crippen molar-refractivity contribution in [2.75, 3.05) is 20.3 Å². The Morgan fingerprint density at radius 2 is 1.45 bits per heavy atom. The number of rotatable bonds is 11. The minimum absolute atomic E-state index is 0.0318. The number of hydrogen-bond donors (Lipinski definition) is 8. The van der Waals surface area contributed by atoms with Crippen LogP contribution in [-0.4, -0.2) is 141 Å². The zero-order valence-corrected chi connectivity index (χ0v) is 31.2. The average Bonchev–Trinajstić information content (AvgIpc) is 3.52. The highest BCUT2D eigenvalue weighted by atomic mass is 16.7. The van der Waals surface area contributed by atoms with Crippen molar-refractivity contribution in [3.63, 3.8) is 0 Å². The lowest BCUT2D eigenvalue weighted by Gasteiger charge is -2.63. The number of fused-ring (bicyclic) bond motifs is 5. The molecule has 296 valence electrons. The Labute approximate surface area is 302 Å². The molecular formula is C38H66O13. The minimum atomic E-state index is -1.23. The second kappa shape index (κ2) is 15.5. The molecule has 6 fully saturated rings. The Kier molecular flexibility index (Phi) is 12.2. The predicted octanol–water partition coefficient (Wildman–Crippen LogP) is 0.933. The van der Waals surface area contributed by atoms with Gasteiger partial charge in [0, 0.05) is 13.0 Å². The Morgan fingerprint density at radius 1 is 0.765 bits per heavy atom. The maximum atomic E-state index is 11.8. The van der Waals surface area contributed by atoms with Gasteiger partial charge in [-0.15, -0.1) is 0 Å². The van der Waals surface area contributed by atoms with Crippen LogP contribution in [0.5, 0.6) is 0 Å². The van der Waals surface area contributed by atoms with Crippen molar-refractivity contribution in [1.29, 1.82) is 0 Å². The van der Waals surface area contributed by atoms with E-state index in [0.717, 1.165) is 32.1 Å². The summed E-state index contributed by atoms with van der Waals surface area (Å²) >= 11 is 0. The molecule has 2 saturated heterocycles. The summed E-state index contributed by atoms with van der Waals surface area (Å²) < 4.78 is 29.1. The molecule has 4 aliphatic carbocycles. The van der Waals surface area contributed by atoms with Crippen molar-refractivity contribution in [3.8, 4) is 0 Å². The van der Waals surface area contributed by atoms with Crippen LogP contribution in [0.2, 0.25) is 0 Å². The molecule has 4 saturated carbocycles. The van der Waals surface area contributed by atoms with E-state index in [-0.39, 0.29) is 59.0 Å². The van der Waals surface area contributed by atoms with Gasteiger partial charge in [-0.3, -0.25) is 0 Å². The molecule has 0 aromatic rings. The average molecular weight is 731 g/mol. The van der Waals surface area contributed by atoms with Crippen LogP contribution in [0.1, 0.15) is 86.0 Å². The molecule has 0 aromatic carbocycles. The molecule has 13 heteroatoms. The molecule has 6 rings (SSSR count). The molecule has 8 N–H and O–H groups in total. The van der Waals surface area contributed by atoms with Crippen LogP contribution in [0, 0.1) is 52.3 Å². The fourth-order valence-corrected chi connectivity index (χ4v) is 12.2. The van der Waals surface area contributed by atoms with Crippen LogP contribution in [0.15, 0.2) is 0 Å². The second-order valence-corrected chi connectivity index (χ2v) is 17.9.